The van der Waals surface area contributed by atoms with E-state index in [2.05, 4.69) is 15.4 Å². The van der Waals surface area contributed by atoms with Gasteiger partial charge in [0, 0.05) is 31.2 Å². The molecule has 0 aliphatic carbocycles. The summed E-state index contributed by atoms with van der Waals surface area (Å²) in [6, 6.07) is 14.7. The number of amides is 1. The predicted octanol–water partition coefficient (Wildman–Crippen LogP) is 2.30. The highest BCUT2D eigenvalue weighted by atomic mass is 16.2. The van der Waals surface area contributed by atoms with Crippen LogP contribution in [0.25, 0.3) is 11.3 Å². The van der Waals surface area contributed by atoms with Gasteiger partial charge in [0.05, 0.1) is 0 Å². The number of carbonyl (C=O) groups excluding carboxylic acids is 1. The van der Waals surface area contributed by atoms with E-state index in [0.29, 0.717) is 18.8 Å². The molecule has 1 amide bonds. The number of hydrogen-bond donors (Lipinski definition) is 2. The standard InChI is InChI=1S/C19H20N4O2/c1-14(13-23-11-5-10-21-23)12-20-18(24)16-8-9-17(22-19(16)25)15-6-3-2-4-7-15/h2-11,14H,12-13H2,1H3,(H,20,24)(H,22,25)/t14-/m0/s1. The molecule has 25 heavy (non-hydrogen) atoms. The van der Waals surface area contributed by atoms with Gasteiger partial charge in [-0.2, -0.15) is 5.10 Å². The Balaban J connectivity index is 1.63. The average Bonchev–Trinajstić information content (AvgIpc) is 3.13. The van der Waals surface area contributed by atoms with Gasteiger partial charge in [-0.3, -0.25) is 14.3 Å². The summed E-state index contributed by atoms with van der Waals surface area (Å²) in [4.78, 5) is 27.3. The lowest BCUT2D eigenvalue weighted by Crippen LogP contribution is -2.33. The van der Waals surface area contributed by atoms with E-state index in [1.54, 1.807) is 18.3 Å². The zero-order chi connectivity index (χ0) is 17.6. The first-order valence-electron chi connectivity index (χ1n) is 8.18. The Hall–Kier alpha value is -3.15. The number of nitrogens with one attached hydrogen (secondary N) is 2. The van der Waals surface area contributed by atoms with E-state index < -0.39 is 5.56 Å². The summed E-state index contributed by atoms with van der Waals surface area (Å²) in [5.41, 5.74) is 1.32. The topological polar surface area (TPSA) is 79.8 Å². The van der Waals surface area contributed by atoms with Crippen molar-refractivity contribution < 1.29 is 4.79 Å². The van der Waals surface area contributed by atoms with Crippen molar-refractivity contribution in [3.05, 3.63) is 76.8 Å². The fourth-order valence-electron chi connectivity index (χ4n) is 2.59. The van der Waals surface area contributed by atoms with Crippen molar-refractivity contribution in [3.63, 3.8) is 0 Å². The second kappa shape index (κ2) is 7.61. The van der Waals surface area contributed by atoms with E-state index in [0.717, 1.165) is 5.56 Å². The van der Waals surface area contributed by atoms with E-state index >= 15 is 0 Å². The maximum Gasteiger partial charge on any atom is 0.261 e. The molecule has 0 bridgehead atoms. The van der Waals surface area contributed by atoms with Crippen molar-refractivity contribution in [2.24, 2.45) is 5.92 Å². The van der Waals surface area contributed by atoms with Crippen molar-refractivity contribution in [1.29, 1.82) is 0 Å². The summed E-state index contributed by atoms with van der Waals surface area (Å²) in [5, 5.41) is 6.95. The van der Waals surface area contributed by atoms with Gasteiger partial charge in [0.2, 0.25) is 0 Å². The lowest BCUT2D eigenvalue weighted by Gasteiger charge is -2.12. The number of nitrogens with zero attached hydrogens (tertiary/aromatic N) is 2. The molecule has 0 fully saturated rings. The van der Waals surface area contributed by atoms with Gasteiger partial charge in [-0.05, 0) is 29.7 Å². The second-order valence-electron chi connectivity index (χ2n) is 6.02. The van der Waals surface area contributed by atoms with Crippen LogP contribution in [0, 0.1) is 5.92 Å². The smallest absolute Gasteiger partial charge is 0.261 e. The maximum atomic E-state index is 12.3. The summed E-state index contributed by atoms with van der Waals surface area (Å²) < 4.78 is 1.82. The molecule has 6 heteroatoms. The van der Waals surface area contributed by atoms with Crippen molar-refractivity contribution in [1.82, 2.24) is 20.1 Å². The van der Waals surface area contributed by atoms with E-state index in [-0.39, 0.29) is 17.4 Å². The van der Waals surface area contributed by atoms with E-state index in [1.807, 2.05) is 54.2 Å². The molecule has 2 N–H and O–H groups in total. The molecule has 1 aromatic carbocycles. The first kappa shape index (κ1) is 16.7. The largest absolute Gasteiger partial charge is 0.352 e. The minimum atomic E-state index is -0.390. The highest BCUT2D eigenvalue weighted by Crippen LogP contribution is 2.14. The molecule has 6 nitrogen and oxygen atoms in total. The van der Waals surface area contributed by atoms with Crippen LogP contribution in [0.3, 0.4) is 0 Å². The molecule has 0 aliphatic rings. The van der Waals surface area contributed by atoms with Crippen LogP contribution >= 0.6 is 0 Å². The molecule has 3 rings (SSSR count). The molecule has 0 unspecified atom stereocenters. The van der Waals surface area contributed by atoms with Gasteiger partial charge in [-0.15, -0.1) is 0 Å². The number of H-pyrrole nitrogens is 1. The van der Waals surface area contributed by atoms with Crippen LogP contribution < -0.4 is 10.9 Å². The number of pyridine rings is 1. The quantitative estimate of drug-likeness (QED) is 0.725. The van der Waals surface area contributed by atoms with Crippen LogP contribution in [0.15, 0.2) is 65.7 Å². The number of carbonyl (C=O) groups is 1. The number of aromatic nitrogens is 3. The molecule has 0 radical (unpaired) electrons. The van der Waals surface area contributed by atoms with Crippen LogP contribution in [0.2, 0.25) is 0 Å². The van der Waals surface area contributed by atoms with Crippen LogP contribution in [-0.4, -0.2) is 27.2 Å². The maximum absolute atomic E-state index is 12.3. The molecular weight excluding hydrogens is 316 g/mol. The summed E-state index contributed by atoms with van der Waals surface area (Å²) in [5.74, 6) is -0.167. The molecule has 3 aromatic rings. The number of hydrogen-bond acceptors (Lipinski definition) is 3. The van der Waals surface area contributed by atoms with E-state index in [9.17, 15) is 9.59 Å². The van der Waals surface area contributed by atoms with Crippen LogP contribution in [0.5, 0.6) is 0 Å². The van der Waals surface area contributed by atoms with Crippen LogP contribution in [-0.2, 0) is 6.54 Å². The Kier molecular flexibility index (Phi) is 5.09. The van der Waals surface area contributed by atoms with Crippen molar-refractivity contribution in [3.8, 4) is 11.3 Å². The lowest BCUT2D eigenvalue weighted by molar-refractivity contribution is 0.0945. The van der Waals surface area contributed by atoms with E-state index in [1.165, 1.54) is 0 Å². The van der Waals surface area contributed by atoms with Gasteiger partial charge < -0.3 is 10.3 Å². The SMILES string of the molecule is C[C@@H](CNC(=O)c1ccc(-c2ccccc2)[nH]c1=O)Cn1cccn1. The molecule has 1 atom stereocenters. The summed E-state index contributed by atoms with van der Waals surface area (Å²) in [6.07, 6.45) is 3.60. The molecule has 2 aromatic heterocycles. The third-order valence-electron chi connectivity index (χ3n) is 3.91. The van der Waals surface area contributed by atoms with Crippen molar-refractivity contribution >= 4 is 5.91 Å². The lowest BCUT2D eigenvalue weighted by atomic mass is 10.1. The average molecular weight is 336 g/mol. The van der Waals surface area contributed by atoms with Gasteiger partial charge in [-0.1, -0.05) is 37.3 Å². The van der Waals surface area contributed by atoms with Gasteiger partial charge >= 0.3 is 0 Å². The number of rotatable bonds is 6. The minimum Gasteiger partial charge on any atom is -0.352 e. The highest BCUT2D eigenvalue weighted by molar-refractivity contribution is 5.94. The van der Waals surface area contributed by atoms with Crippen LogP contribution in [0.1, 0.15) is 17.3 Å². The molecule has 0 spiro atoms. The first-order chi connectivity index (χ1) is 12.1. The van der Waals surface area contributed by atoms with Gasteiger partial charge in [0.1, 0.15) is 5.56 Å². The fraction of sp³-hybridized carbons (Fsp3) is 0.211. The van der Waals surface area contributed by atoms with Gasteiger partial charge in [-0.25, -0.2) is 0 Å². The zero-order valence-corrected chi connectivity index (χ0v) is 14.0. The summed E-state index contributed by atoms with van der Waals surface area (Å²) in [6.45, 7) is 3.19. The summed E-state index contributed by atoms with van der Waals surface area (Å²) in [7, 11) is 0. The van der Waals surface area contributed by atoms with Gasteiger partial charge in [0.15, 0.2) is 0 Å². The molecule has 0 aliphatic heterocycles. The van der Waals surface area contributed by atoms with Crippen LogP contribution in [0.4, 0.5) is 0 Å². The number of benzene rings is 1. The Morgan fingerprint density at radius 3 is 2.68 bits per heavy atom. The number of aromatic amines is 1. The second-order valence-corrected chi connectivity index (χ2v) is 6.02. The van der Waals surface area contributed by atoms with Crippen molar-refractivity contribution in [2.45, 2.75) is 13.5 Å². The third-order valence-corrected chi connectivity index (χ3v) is 3.91. The van der Waals surface area contributed by atoms with E-state index in [4.69, 9.17) is 0 Å². The Morgan fingerprint density at radius 1 is 1.20 bits per heavy atom. The fourth-order valence-corrected chi connectivity index (χ4v) is 2.59. The minimum absolute atomic E-state index is 0.117. The third kappa shape index (κ3) is 4.23. The Labute approximate surface area is 145 Å². The molecular formula is C19H20N4O2. The van der Waals surface area contributed by atoms with Crippen molar-refractivity contribution in [2.75, 3.05) is 6.54 Å². The zero-order valence-electron chi connectivity index (χ0n) is 14.0. The highest BCUT2D eigenvalue weighted by Gasteiger charge is 2.13. The Morgan fingerprint density at radius 2 is 2.00 bits per heavy atom. The molecule has 128 valence electrons. The van der Waals surface area contributed by atoms with Gasteiger partial charge in [0.25, 0.3) is 11.5 Å². The molecule has 2 heterocycles. The molecule has 0 saturated carbocycles. The molecule has 0 saturated heterocycles. The first-order valence-corrected chi connectivity index (χ1v) is 8.18. The normalized spacial score (nSPS) is 11.9. The predicted molar refractivity (Wildman–Crippen MR) is 96.2 cm³/mol. The monoisotopic (exact) mass is 336 g/mol. The summed E-state index contributed by atoms with van der Waals surface area (Å²) >= 11 is 0. The Bertz CT molecular complexity index is 885.